The highest BCUT2D eigenvalue weighted by Crippen LogP contribution is 2.39. The van der Waals surface area contributed by atoms with E-state index in [0.717, 1.165) is 39.1 Å². The Labute approximate surface area is 186 Å². The van der Waals surface area contributed by atoms with E-state index in [-0.39, 0.29) is 17.7 Å². The highest BCUT2D eigenvalue weighted by atomic mass is 79.9. The number of rotatable bonds is 5. The van der Waals surface area contributed by atoms with Gasteiger partial charge in [0.05, 0.1) is 18.7 Å². The van der Waals surface area contributed by atoms with E-state index < -0.39 is 0 Å². The molecule has 154 valence electrons. The minimum absolute atomic E-state index is 0.0752. The number of ether oxygens (including phenoxy) is 1. The summed E-state index contributed by atoms with van der Waals surface area (Å²) < 4.78 is 6.12. The maximum absolute atomic E-state index is 12.8. The van der Waals surface area contributed by atoms with E-state index in [9.17, 15) is 9.59 Å². The number of hydrogen-bond donors (Lipinski definition) is 2. The molecule has 0 saturated carbocycles. The largest absolute Gasteiger partial charge is 0.497 e. The van der Waals surface area contributed by atoms with Crippen molar-refractivity contribution in [1.29, 1.82) is 0 Å². The molecule has 0 fully saturated rings. The van der Waals surface area contributed by atoms with Crippen molar-refractivity contribution < 1.29 is 14.3 Å². The van der Waals surface area contributed by atoms with Crippen LogP contribution in [0.2, 0.25) is 0 Å². The van der Waals surface area contributed by atoms with Gasteiger partial charge in [0.15, 0.2) is 5.13 Å². The number of carbonyl (C=O) groups excluding carboxylic acids is 2. The fourth-order valence-electron chi connectivity index (χ4n) is 3.40. The highest BCUT2D eigenvalue weighted by Gasteiger charge is 2.33. The Kier molecular flexibility index (Phi) is 5.87. The SMILES string of the molecule is COc1ccc(C(=O)Nc2nc3c(s2)CCC3C(=O)Nc2ccc(Br)c(C)c2)cc1. The molecule has 3 aromatic rings. The summed E-state index contributed by atoms with van der Waals surface area (Å²) in [5.41, 5.74) is 3.09. The maximum atomic E-state index is 12.8. The second-order valence-electron chi connectivity index (χ2n) is 7.05. The van der Waals surface area contributed by atoms with Crippen molar-refractivity contribution in [1.82, 2.24) is 4.98 Å². The molecule has 1 aliphatic rings. The summed E-state index contributed by atoms with van der Waals surface area (Å²) in [5.74, 6) is 0.0617. The fraction of sp³-hybridized carbons (Fsp3) is 0.227. The van der Waals surface area contributed by atoms with Gasteiger partial charge in [-0.3, -0.25) is 14.9 Å². The number of halogens is 1. The lowest BCUT2D eigenvalue weighted by atomic mass is 10.1. The van der Waals surface area contributed by atoms with Crippen molar-refractivity contribution >= 4 is 49.9 Å². The van der Waals surface area contributed by atoms with E-state index in [2.05, 4.69) is 31.5 Å². The van der Waals surface area contributed by atoms with Crippen LogP contribution in [0.25, 0.3) is 0 Å². The van der Waals surface area contributed by atoms with Crippen LogP contribution in [0, 0.1) is 6.92 Å². The molecular formula is C22H20BrN3O3S. The standard InChI is InChI=1S/C22H20BrN3O3S/c1-12-11-14(5-9-17(12)23)24-21(28)16-8-10-18-19(16)25-22(30-18)26-20(27)13-3-6-15(29-2)7-4-13/h3-7,9,11,16H,8,10H2,1-2H3,(H,24,28)(H,25,26,27). The Morgan fingerprint density at radius 2 is 1.93 bits per heavy atom. The van der Waals surface area contributed by atoms with E-state index in [1.54, 1.807) is 31.4 Å². The van der Waals surface area contributed by atoms with Crippen LogP contribution in [0.3, 0.4) is 0 Å². The van der Waals surface area contributed by atoms with Crippen LogP contribution in [-0.2, 0) is 11.2 Å². The van der Waals surface area contributed by atoms with Gasteiger partial charge in [-0.25, -0.2) is 4.98 Å². The second kappa shape index (κ2) is 8.57. The lowest BCUT2D eigenvalue weighted by Gasteiger charge is -2.12. The van der Waals surface area contributed by atoms with Gasteiger partial charge in [-0.15, -0.1) is 11.3 Å². The number of methoxy groups -OCH3 is 1. The predicted octanol–water partition coefficient (Wildman–Crippen LogP) is 5.14. The Morgan fingerprint density at radius 1 is 1.17 bits per heavy atom. The Bertz CT molecular complexity index is 1110. The number of carbonyl (C=O) groups is 2. The zero-order chi connectivity index (χ0) is 21.3. The molecule has 6 nitrogen and oxygen atoms in total. The van der Waals surface area contributed by atoms with Gasteiger partial charge in [0.25, 0.3) is 5.91 Å². The zero-order valence-corrected chi connectivity index (χ0v) is 18.9. The van der Waals surface area contributed by atoms with Crippen LogP contribution in [0.4, 0.5) is 10.8 Å². The summed E-state index contributed by atoms with van der Waals surface area (Å²) in [7, 11) is 1.58. The third-order valence-corrected chi connectivity index (χ3v) is 6.97. The van der Waals surface area contributed by atoms with Crippen LogP contribution in [0.1, 0.15) is 38.8 Å². The Morgan fingerprint density at radius 3 is 2.63 bits per heavy atom. The summed E-state index contributed by atoms with van der Waals surface area (Å²) in [6, 6.07) is 12.6. The number of fused-ring (bicyclic) bond motifs is 1. The lowest BCUT2D eigenvalue weighted by Crippen LogP contribution is -2.20. The van der Waals surface area contributed by atoms with E-state index >= 15 is 0 Å². The number of aromatic nitrogens is 1. The van der Waals surface area contributed by atoms with Crippen LogP contribution in [0.15, 0.2) is 46.9 Å². The maximum Gasteiger partial charge on any atom is 0.257 e. The molecule has 1 atom stereocenters. The molecule has 0 aliphatic heterocycles. The lowest BCUT2D eigenvalue weighted by molar-refractivity contribution is -0.117. The van der Waals surface area contributed by atoms with Gasteiger partial charge in [0, 0.05) is 20.6 Å². The van der Waals surface area contributed by atoms with Gasteiger partial charge in [-0.2, -0.15) is 0 Å². The first kappa shape index (κ1) is 20.6. The number of benzene rings is 2. The topological polar surface area (TPSA) is 80.3 Å². The van der Waals surface area contributed by atoms with E-state index in [0.29, 0.717) is 16.4 Å². The second-order valence-corrected chi connectivity index (χ2v) is 8.99. The first-order valence-electron chi connectivity index (χ1n) is 9.46. The summed E-state index contributed by atoms with van der Waals surface area (Å²) >= 11 is 4.90. The summed E-state index contributed by atoms with van der Waals surface area (Å²) in [6.45, 7) is 1.98. The molecule has 4 rings (SSSR count). The number of hydrogen-bond acceptors (Lipinski definition) is 5. The zero-order valence-electron chi connectivity index (χ0n) is 16.5. The highest BCUT2D eigenvalue weighted by molar-refractivity contribution is 9.10. The molecule has 2 N–H and O–H groups in total. The minimum atomic E-state index is -0.313. The van der Waals surface area contributed by atoms with Gasteiger partial charge in [-0.05, 0) is 67.8 Å². The fourth-order valence-corrected chi connectivity index (χ4v) is 4.68. The number of anilines is 2. The van der Waals surface area contributed by atoms with Crippen molar-refractivity contribution in [3.8, 4) is 5.75 Å². The number of aryl methyl sites for hydroxylation is 2. The van der Waals surface area contributed by atoms with Gasteiger partial charge < -0.3 is 10.1 Å². The molecule has 2 amide bonds. The van der Waals surface area contributed by atoms with Gasteiger partial charge in [-0.1, -0.05) is 15.9 Å². The summed E-state index contributed by atoms with van der Waals surface area (Å²) in [4.78, 5) is 30.9. The van der Waals surface area contributed by atoms with Crippen LogP contribution in [-0.4, -0.2) is 23.9 Å². The Hall–Kier alpha value is -2.71. The molecule has 1 heterocycles. The molecule has 1 aliphatic carbocycles. The van der Waals surface area contributed by atoms with Gasteiger partial charge in [0.2, 0.25) is 5.91 Å². The Balaban J connectivity index is 1.45. The normalized spacial score (nSPS) is 14.8. The van der Waals surface area contributed by atoms with Crippen molar-refractivity contribution in [2.45, 2.75) is 25.7 Å². The third-order valence-electron chi connectivity index (χ3n) is 5.03. The smallest absolute Gasteiger partial charge is 0.257 e. The van der Waals surface area contributed by atoms with Crippen molar-refractivity contribution in [2.24, 2.45) is 0 Å². The summed E-state index contributed by atoms with van der Waals surface area (Å²) in [5, 5.41) is 6.34. The quantitative estimate of drug-likeness (QED) is 0.523. The van der Waals surface area contributed by atoms with Gasteiger partial charge in [0.1, 0.15) is 5.75 Å². The third kappa shape index (κ3) is 4.24. The van der Waals surface area contributed by atoms with E-state index in [1.165, 1.54) is 11.3 Å². The van der Waals surface area contributed by atoms with Crippen molar-refractivity contribution in [3.63, 3.8) is 0 Å². The van der Waals surface area contributed by atoms with Crippen LogP contribution in [0.5, 0.6) is 5.75 Å². The molecule has 1 aromatic heterocycles. The number of nitrogens with zero attached hydrogens (tertiary/aromatic N) is 1. The molecule has 1 unspecified atom stereocenters. The monoisotopic (exact) mass is 485 g/mol. The summed E-state index contributed by atoms with van der Waals surface area (Å²) in [6.07, 6.45) is 1.51. The number of amides is 2. The van der Waals surface area contributed by atoms with Gasteiger partial charge >= 0.3 is 0 Å². The molecule has 2 aromatic carbocycles. The number of nitrogens with one attached hydrogen (secondary N) is 2. The van der Waals surface area contributed by atoms with Crippen molar-refractivity contribution in [3.05, 3.63) is 68.6 Å². The predicted molar refractivity (Wildman–Crippen MR) is 122 cm³/mol. The average Bonchev–Trinajstić information content (AvgIpc) is 3.31. The molecular weight excluding hydrogens is 466 g/mol. The first-order valence-corrected chi connectivity index (χ1v) is 11.1. The van der Waals surface area contributed by atoms with Crippen LogP contribution < -0.4 is 15.4 Å². The molecule has 0 saturated heterocycles. The van der Waals surface area contributed by atoms with E-state index in [4.69, 9.17) is 4.74 Å². The number of thiazole rings is 1. The molecule has 0 spiro atoms. The average molecular weight is 486 g/mol. The molecule has 0 radical (unpaired) electrons. The molecule has 0 bridgehead atoms. The minimum Gasteiger partial charge on any atom is -0.497 e. The van der Waals surface area contributed by atoms with Crippen LogP contribution >= 0.6 is 27.3 Å². The van der Waals surface area contributed by atoms with E-state index in [1.807, 2.05) is 25.1 Å². The molecule has 8 heteroatoms. The van der Waals surface area contributed by atoms with Crippen molar-refractivity contribution in [2.75, 3.05) is 17.7 Å². The molecule has 30 heavy (non-hydrogen) atoms. The first-order chi connectivity index (χ1) is 14.4.